The Labute approximate surface area is 452 Å². The maximum Gasteiger partial charge on any atom is 0.405 e. The molecule has 26 heteroatoms. The van der Waals surface area contributed by atoms with Gasteiger partial charge in [0, 0.05) is 56.5 Å². The van der Waals surface area contributed by atoms with E-state index >= 15 is 0 Å². The number of thiazole rings is 1. The van der Waals surface area contributed by atoms with Crippen LogP contribution in [0.15, 0.2) is 65.0 Å². The Bertz CT molecular complexity index is 2810. The third kappa shape index (κ3) is 16.6. The Balaban J connectivity index is 0.735. The van der Waals surface area contributed by atoms with Crippen LogP contribution in [0.1, 0.15) is 91.2 Å². The van der Waals surface area contributed by atoms with Gasteiger partial charge in [-0.05, 0) is 61.3 Å². The number of ether oxygens (including phenoxy) is 3. The van der Waals surface area contributed by atoms with Crippen LogP contribution in [-0.4, -0.2) is 154 Å². The zero-order valence-corrected chi connectivity index (χ0v) is 44.7. The van der Waals surface area contributed by atoms with Crippen LogP contribution in [-0.2, 0) is 35.1 Å². The van der Waals surface area contributed by atoms with Crippen LogP contribution in [0.2, 0.25) is 0 Å². The Hall–Kier alpha value is -6.84. The van der Waals surface area contributed by atoms with Crippen molar-refractivity contribution >= 4 is 52.4 Å². The molecule has 0 radical (unpaired) electrons. The van der Waals surface area contributed by atoms with Crippen LogP contribution < -0.4 is 32.3 Å². The van der Waals surface area contributed by atoms with Crippen molar-refractivity contribution in [3.05, 3.63) is 83.2 Å². The van der Waals surface area contributed by atoms with E-state index in [1.807, 2.05) is 57.5 Å². The fraction of sp³-hybridized carbons (Fsp3) is 0.519. The smallest absolute Gasteiger partial charge is 0.405 e. The summed E-state index contributed by atoms with van der Waals surface area (Å²) in [6.07, 6.45) is 0.919. The number of aromatic nitrogens is 5. The predicted molar refractivity (Wildman–Crippen MR) is 281 cm³/mol. The largest absolute Gasteiger partial charge is 0.444 e. The van der Waals surface area contributed by atoms with Crippen LogP contribution in [0.3, 0.4) is 0 Å². The van der Waals surface area contributed by atoms with Gasteiger partial charge in [-0.25, -0.2) is 15.0 Å². The number of hydrogen-bond donors (Lipinski definition) is 7. The predicted octanol–water partition coefficient (Wildman–Crippen LogP) is 4.87. The molecule has 1 aliphatic heterocycles. The molecule has 22 nitrogen and oxygen atoms in total. The highest BCUT2D eigenvalue weighted by Crippen LogP contribution is 2.34. The number of β-amino-alcohol motifs (C(OH)–C–C–N with tert-alkyl or cyclic N) is 1. The van der Waals surface area contributed by atoms with E-state index in [9.17, 15) is 42.3 Å². The molecule has 1 aliphatic carbocycles. The van der Waals surface area contributed by atoms with E-state index in [1.165, 1.54) is 29.4 Å². The molecular formula is C52H67F3N12O10S. The summed E-state index contributed by atoms with van der Waals surface area (Å²) in [4.78, 5) is 80.7. The number of primary amides is 1. The number of oxazole rings is 1. The molecule has 0 bridgehead atoms. The summed E-state index contributed by atoms with van der Waals surface area (Å²) in [6, 6.07) is 9.03. The number of nitrogens with two attached hydrogens (primary N) is 1. The summed E-state index contributed by atoms with van der Waals surface area (Å²) in [5, 5.41) is 28.8. The molecule has 1 aromatic carbocycles. The van der Waals surface area contributed by atoms with Crippen molar-refractivity contribution in [1.29, 1.82) is 0 Å². The minimum Gasteiger partial charge on any atom is -0.444 e. The lowest BCUT2D eigenvalue weighted by Crippen LogP contribution is -2.57. The number of likely N-dealkylation sites (tertiary alicyclic amines) is 1. The van der Waals surface area contributed by atoms with Gasteiger partial charge in [-0.15, -0.1) is 11.3 Å². The molecule has 78 heavy (non-hydrogen) atoms. The lowest BCUT2D eigenvalue weighted by Gasteiger charge is -2.35. The summed E-state index contributed by atoms with van der Waals surface area (Å²) < 4.78 is 61.9. The number of aryl methyl sites for hydroxylation is 1. The van der Waals surface area contributed by atoms with E-state index in [1.54, 1.807) is 16.0 Å². The third-order valence-electron chi connectivity index (χ3n) is 13.2. The molecule has 1 saturated carbocycles. The lowest BCUT2D eigenvalue weighted by molar-refractivity contribution is -0.142. The molecule has 2 fully saturated rings. The van der Waals surface area contributed by atoms with E-state index in [0.29, 0.717) is 71.8 Å². The van der Waals surface area contributed by atoms with Gasteiger partial charge in [-0.1, -0.05) is 45.0 Å². The zero-order chi connectivity index (χ0) is 56.0. The molecule has 5 heterocycles. The van der Waals surface area contributed by atoms with Crippen molar-refractivity contribution in [3.8, 4) is 21.9 Å². The van der Waals surface area contributed by atoms with Gasteiger partial charge in [0.1, 0.15) is 24.7 Å². The average molecular weight is 1110 g/mol. The minimum absolute atomic E-state index is 0.0421. The summed E-state index contributed by atoms with van der Waals surface area (Å²) in [5.74, 6) is -2.67. The topological polar surface area (TPSA) is 292 Å². The number of aliphatic hydroxyl groups is 1. The van der Waals surface area contributed by atoms with Gasteiger partial charge in [0.25, 0.3) is 11.8 Å². The van der Waals surface area contributed by atoms with E-state index in [2.05, 4.69) is 46.6 Å². The van der Waals surface area contributed by atoms with Gasteiger partial charge in [0.05, 0.1) is 79.6 Å². The number of hydrogen-bond acceptors (Lipinski definition) is 17. The number of carbonyl (C=O) groups excluding carboxylic acids is 5. The van der Waals surface area contributed by atoms with Crippen molar-refractivity contribution in [2.45, 2.75) is 96.7 Å². The number of nitrogens with one attached hydrogen (secondary N) is 5. The Morgan fingerprint density at radius 1 is 0.897 bits per heavy atom. The maximum atomic E-state index is 14.0. The highest BCUT2D eigenvalue weighted by atomic mass is 32.1. The third-order valence-corrected chi connectivity index (χ3v) is 14.1. The molecule has 5 amide bonds. The van der Waals surface area contributed by atoms with E-state index < -0.39 is 48.1 Å². The number of amides is 5. The summed E-state index contributed by atoms with van der Waals surface area (Å²) in [5.41, 5.74) is 9.79. The molecule has 4 aromatic heterocycles. The second-order valence-electron chi connectivity index (χ2n) is 20.1. The van der Waals surface area contributed by atoms with Crippen LogP contribution >= 0.6 is 11.3 Å². The summed E-state index contributed by atoms with van der Waals surface area (Å²) >= 11 is 1.57. The number of anilines is 2. The van der Waals surface area contributed by atoms with E-state index in [0.717, 1.165) is 28.0 Å². The van der Waals surface area contributed by atoms with Gasteiger partial charge in [0.2, 0.25) is 23.6 Å². The second kappa shape index (κ2) is 27.2. The highest BCUT2D eigenvalue weighted by molar-refractivity contribution is 7.13. The first-order chi connectivity index (χ1) is 37.2. The van der Waals surface area contributed by atoms with E-state index in [4.69, 9.17) is 24.4 Å². The van der Waals surface area contributed by atoms with Gasteiger partial charge < -0.3 is 61.0 Å². The number of aliphatic hydroxyl groups excluding tert-OH is 1. The van der Waals surface area contributed by atoms with Gasteiger partial charge in [-0.2, -0.15) is 18.3 Å². The first kappa shape index (κ1) is 58.8. The Morgan fingerprint density at radius 2 is 1.59 bits per heavy atom. The molecule has 0 spiro atoms. The number of nitrogens with zero attached hydrogens (tertiary/aromatic N) is 6. The van der Waals surface area contributed by atoms with Crippen molar-refractivity contribution in [2.24, 2.45) is 17.1 Å². The van der Waals surface area contributed by atoms with E-state index in [-0.39, 0.29) is 90.1 Å². The monoisotopic (exact) mass is 1110 g/mol. The molecule has 7 rings (SSSR count). The van der Waals surface area contributed by atoms with Crippen LogP contribution in [0, 0.1) is 18.3 Å². The molecule has 1 saturated heterocycles. The number of rotatable bonds is 26. The Kier molecular flexibility index (Phi) is 20.5. The second-order valence-corrected chi connectivity index (χ2v) is 20.9. The van der Waals surface area contributed by atoms with Crippen LogP contribution in [0.5, 0.6) is 0 Å². The first-order valence-electron chi connectivity index (χ1n) is 25.7. The number of benzene rings is 1. The maximum absolute atomic E-state index is 14.0. The van der Waals surface area contributed by atoms with Gasteiger partial charge in [0.15, 0.2) is 11.4 Å². The fourth-order valence-electron chi connectivity index (χ4n) is 9.11. The lowest BCUT2D eigenvalue weighted by atomic mass is 9.85. The zero-order valence-electron chi connectivity index (χ0n) is 43.9. The number of pyridine rings is 1. The molecule has 422 valence electrons. The quantitative estimate of drug-likeness (QED) is 0.0364. The van der Waals surface area contributed by atoms with Crippen molar-refractivity contribution in [1.82, 2.24) is 45.6 Å². The standard InChI is InChI=1S/C52H67F3N12O10S/c1-31-43(78-30-62-31)33-7-5-32(6-8-33)25-60-48(72)40-24-37(68)26-66(40)50(73)44(51(2,3)4)58-15-17-74-19-21-76-22-20-75-18-16-59-46(70)34-9-11-36(12-10-34)67-27-38(42(65-67)45(56)69)63-47(71)39-28-77-49(64-39)35-13-14-57-41(23-35)61-29-52(53,54)55/h5-8,13-14,23,27-28,30,34,36-37,40,44,58,68H,9-12,15-22,24-26,29H2,1-4H3,(H2,56,69)(H,57,61)(H,59,70)(H,60,72)(H,63,71)/t34?,36?,37-,40+,44-/m1/s1. The summed E-state index contributed by atoms with van der Waals surface area (Å²) in [7, 11) is 0. The molecule has 2 aliphatic rings. The van der Waals surface area contributed by atoms with Crippen LogP contribution in [0.25, 0.3) is 21.9 Å². The molecule has 8 N–H and O–H groups in total. The highest BCUT2D eigenvalue weighted by Gasteiger charge is 2.44. The molecule has 3 atom stereocenters. The fourth-order valence-corrected chi connectivity index (χ4v) is 9.92. The van der Waals surface area contributed by atoms with Gasteiger partial charge >= 0.3 is 6.18 Å². The number of carbonyl (C=O) groups is 5. The SMILES string of the molecule is Cc1ncsc1-c1ccc(CNC(=O)[C@@H]2C[C@@H](O)CN2C(=O)[C@@H](NCCOCCOCCOCCNC(=O)C2CCC(n3cc(NC(=O)c4coc(-c5ccnc(NCC(F)(F)F)c5)n4)c(C(N)=O)n3)CC2)C(C)(C)C)cc1. The van der Waals surface area contributed by atoms with Gasteiger partial charge in [-0.3, -0.25) is 28.7 Å². The molecule has 0 unspecified atom stereocenters. The molecular weight excluding hydrogens is 1040 g/mol. The average Bonchev–Trinajstić information content (AvgIpc) is 4.27. The minimum atomic E-state index is -4.46. The molecule has 5 aromatic rings. The van der Waals surface area contributed by atoms with Crippen LogP contribution in [0.4, 0.5) is 24.7 Å². The summed E-state index contributed by atoms with van der Waals surface area (Å²) in [6.45, 7) is 9.38. The van der Waals surface area contributed by atoms with Crippen molar-refractivity contribution in [2.75, 3.05) is 76.5 Å². The number of alkyl halides is 3. The Morgan fingerprint density at radius 3 is 2.24 bits per heavy atom. The number of halogens is 3. The van der Waals surface area contributed by atoms with Crippen molar-refractivity contribution < 1.29 is 60.9 Å². The first-order valence-corrected chi connectivity index (χ1v) is 26.5. The normalized spacial score (nSPS) is 18.1. The van der Waals surface area contributed by atoms with Crippen molar-refractivity contribution in [3.63, 3.8) is 0 Å².